The van der Waals surface area contributed by atoms with Crippen molar-refractivity contribution in [3.63, 3.8) is 0 Å². The van der Waals surface area contributed by atoms with Crippen molar-refractivity contribution in [2.45, 2.75) is 20.3 Å². The van der Waals surface area contributed by atoms with Gasteiger partial charge in [-0.1, -0.05) is 25.2 Å². The Bertz CT molecular complexity index is 395. The van der Waals surface area contributed by atoms with Crippen LogP contribution in [0, 0.1) is 11.8 Å². The van der Waals surface area contributed by atoms with Crippen molar-refractivity contribution >= 4 is 28.8 Å². The summed E-state index contributed by atoms with van der Waals surface area (Å²) in [7, 11) is 0. The molecule has 0 aromatic carbocycles. The van der Waals surface area contributed by atoms with Crippen molar-refractivity contribution in [2.24, 2.45) is 11.8 Å². The molecule has 2 atom stereocenters. The quantitative estimate of drug-likeness (QED) is 0.778. The van der Waals surface area contributed by atoms with Crippen LogP contribution in [0.4, 0.5) is 0 Å². The second kappa shape index (κ2) is 4.67. The van der Waals surface area contributed by atoms with Crippen LogP contribution in [0.3, 0.4) is 0 Å². The van der Waals surface area contributed by atoms with Gasteiger partial charge >= 0.3 is 0 Å². The second-order valence-corrected chi connectivity index (χ2v) is 5.91. The molecule has 0 aliphatic carbocycles. The van der Waals surface area contributed by atoms with Gasteiger partial charge in [0.1, 0.15) is 0 Å². The Hall–Kier alpha value is -0.680. The summed E-state index contributed by atoms with van der Waals surface area (Å²) in [4.78, 5) is 13.9. The molecule has 1 saturated heterocycles. The highest BCUT2D eigenvalue weighted by Crippen LogP contribution is 2.24. The highest BCUT2D eigenvalue weighted by Gasteiger charge is 2.28. The molecule has 2 rings (SSSR count). The van der Waals surface area contributed by atoms with Crippen LogP contribution in [0.25, 0.3) is 0 Å². The Kier molecular flexibility index (Phi) is 3.44. The summed E-state index contributed by atoms with van der Waals surface area (Å²) >= 11 is 6.81. The maximum absolute atomic E-state index is 12.0. The summed E-state index contributed by atoms with van der Waals surface area (Å²) in [6, 6.07) is 0. The van der Waals surface area contributed by atoms with Gasteiger partial charge < -0.3 is 4.90 Å². The lowest BCUT2D eigenvalue weighted by Gasteiger charge is -2.34. The van der Waals surface area contributed by atoms with Crippen LogP contribution in [0.5, 0.6) is 0 Å². The van der Waals surface area contributed by atoms with Crippen molar-refractivity contribution in [1.82, 2.24) is 15.1 Å². The SMILES string of the molecule is CC1CCN(C(=O)c2nnc(Cl)s2)CC1C. The van der Waals surface area contributed by atoms with Crippen molar-refractivity contribution < 1.29 is 4.79 Å². The smallest absolute Gasteiger partial charge is 0.284 e. The molecular formula is C10H14ClN3OS. The van der Waals surface area contributed by atoms with Gasteiger partial charge in [-0.25, -0.2) is 0 Å². The van der Waals surface area contributed by atoms with E-state index in [1.165, 1.54) is 0 Å². The van der Waals surface area contributed by atoms with Crippen molar-refractivity contribution in [1.29, 1.82) is 0 Å². The third-order valence-corrected chi connectivity index (χ3v) is 4.21. The first-order valence-corrected chi connectivity index (χ1v) is 6.55. The minimum absolute atomic E-state index is 0.0387. The molecule has 0 bridgehead atoms. The van der Waals surface area contributed by atoms with Crippen LogP contribution in [0.15, 0.2) is 0 Å². The normalized spacial score (nSPS) is 25.8. The molecule has 0 radical (unpaired) electrons. The molecule has 2 unspecified atom stereocenters. The molecule has 0 spiro atoms. The average Bonchev–Trinajstić information content (AvgIpc) is 2.68. The predicted molar refractivity (Wildman–Crippen MR) is 63.8 cm³/mol. The number of nitrogens with zero attached hydrogens (tertiary/aromatic N) is 3. The predicted octanol–water partition coefficient (Wildman–Crippen LogP) is 2.31. The van der Waals surface area contributed by atoms with Crippen LogP contribution in [-0.4, -0.2) is 34.1 Å². The fraction of sp³-hybridized carbons (Fsp3) is 0.700. The van der Waals surface area contributed by atoms with Gasteiger partial charge in [-0.3, -0.25) is 4.79 Å². The number of likely N-dealkylation sites (tertiary alicyclic amines) is 1. The van der Waals surface area contributed by atoms with Gasteiger partial charge in [-0.2, -0.15) is 0 Å². The molecular weight excluding hydrogens is 246 g/mol. The monoisotopic (exact) mass is 259 g/mol. The maximum Gasteiger partial charge on any atom is 0.284 e. The lowest BCUT2D eigenvalue weighted by molar-refractivity contribution is 0.0626. The Morgan fingerprint density at radius 3 is 2.75 bits per heavy atom. The number of piperidine rings is 1. The fourth-order valence-corrected chi connectivity index (χ4v) is 2.67. The van der Waals surface area contributed by atoms with E-state index in [0.717, 1.165) is 30.8 Å². The zero-order chi connectivity index (χ0) is 11.7. The topological polar surface area (TPSA) is 46.1 Å². The standard InChI is InChI=1S/C10H14ClN3OS/c1-6-3-4-14(5-7(6)2)9(15)8-12-13-10(11)16-8/h6-7H,3-5H2,1-2H3. The molecule has 2 heterocycles. The highest BCUT2D eigenvalue weighted by atomic mass is 35.5. The van der Waals surface area contributed by atoms with E-state index < -0.39 is 0 Å². The van der Waals surface area contributed by atoms with Gasteiger partial charge in [0.15, 0.2) is 0 Å². The number of halogens is 1. The van der Waals surface area contributed by atoms with Crippen molar-refractivity contribution in [3.05, 3.63) is 9.47 Å². The van der Waals surface area contributed by atoms with E-state index >= 15 is 0 Å². The minimum atomic E-state index is -0.0387. The summed E-state index contributed by atoms with van der Waals surface area (Å²) in [5.41, 5.74) is 0. The molecule has 88 valence electrons. The lowest BCUT2D eigenvalue weighted by atomic mass is 9.89. The Morgan fingerprint density at radius 1 is 1.44 bits per heavy atom. The molecule has 1 amide bonds. The number of amides is 1. The largest absolute Gasteiger partial charge is 0.336 e. The molecule has 1 fully saturated rings. The molecule has 4 nitrogen and oxygen atoms in total. The summed E-state index contributed by atoms with van der Waals surface area (Å²) in [5.74, 6) is 1.19. The Balaban J connectivity index is 2.06. The van der Waals surface area contributed by atoms with Crippen LogP contribution in [0.2, 0.25) is 4.47 Å². The highest BCUT2D eigenvalue weighted by molar-refractivity contribution is 7.17. The lowest BCUT2D eigenvalue weighted by Crippen LogP contribution is -2.42. The van der Waals surface area contributed by atoms with E-state index in [0.29, 0.717) is 21.3 Å². The van der Waals surface area contributed by atoms with Gasteiger partial charge in [0.05, 0.1) is 0 Å². The van der Waals surface area contributed by atoms with Gasteiger partial charge in [-0.05, 0) is 29.9 Å². The van der Waals surface area contributed by atoms with Crippen LogP contribution >= 0.6 is 22.9 Å². The van der Waals surface area contributed by atoms with Gasteiger partial charge in [0, 0.05) is 13.1 Å². The molecule has 1 aliphatic heterocycles. The average molecular weight is 260 g/mol. The number of hydrogen-bond donors (Lipinski definition) is 0. The summed E-state index contributed by atoms with van der Waals surface area (Å²) in [6.07, 6.45) is 1.06. The van der Waals surface area contributed by atoms with E-state index in [1.54, 1.807) is 0 Å². The number of aromatic nitrogens is 2. The van der Waals surface area contributed by atoms with Gasteiger partial charge in [0.2, 0.25) is 9.47 Å². The zero-order valence-electron chi connectivity index (χ0n) is 9.31. The zero-order valence-corrected chi connectivity index (χ0v) is 10.9. The van der Waals surface area contributed by atoms with E-state index in [4.69, 9.17) is 11.6 Å². The van der Waals surface area contributed by atoms with Gasteiger partial charge in [0.25, 0.3) is 5.91 Å². The molecule has 1 aromatic rings. The van der Waals surface area contributed by atoms with Crippen LogP contribution < -0.4 is 0 Å². The molecule has 1 aliphatic rings. The second-order valence-electron chi connectivity index (χ2n) is 4.35. The first-order valence-electron chi connectivity index (χ1n) is 5.36. The van der Waals surface area contributed by atoms with Crippen molar-refractivity contribution in [3.8, 4) is 0 Å². The van der Waals surface area contributed by atoms with Gasteiger partial charge in [-0.15, -0.1) is 10.2 Å². The summed E-state index contributed by atoms with van der Waals surface area (Å²) < 4.78 is 0.321. The third kappa shape index (κ3) is 2.35. The van der Waals surface area contributed by atoms with E-state index in [9.17, 15) is 4.79 Å². The molecule has 0 saturated carbocycles. The van der Waals surface area contributed by atoms with Crippen LogP contribution in [-0.2, 0) is 0 Å². The third-order valence-electron chi connectivity index (χ3n) is 3.20. The first-order chi connectivity index (χ1) is 7.58. The number of carbonyl (C=O) groups excluding carboxylic acids is 1. The Labute approximate surface area is 104 Å². The molecule has 16 heavy (non-hydrogen) atoms. The number of rotatable bonds is 1. The molecule has 6 heteroatoms. The van der Waals surface area contributed by atoms with E-state index in [-0.39, 0.29) is 5.91 Å². The van der Waals surface area contributed by atoms with Crippen molar-refractivity contribution in [2.75, 3.05) is 13.1 Å². The van der Waals surface area contributed by atoms with E-state index in [2.05, 4.69) is 24.0 Å². The van der Waals surface area contributed by atoms with Crippen LogP contribution in [0.1, 0.15) is 30.1 Å². The molecule has 1 aromatic heterocycles. The molecule has 0 N–H and O–H groups in total. The van der Waals surface area contributed by atoms with E-state index in [1.807, 2.05) is 4.90 Å². The number of carbonyl (C=O) groups is 1. The maximum atomic E-state index is 12.0. The summed E-state index contributed by atoms with van der Waals surface area (Å²) in [6.45, 7) is 6.02. The fourth-order valence-electron chi connectivity index (χ4n) is 1.87. The Morgan fingerprint density at radius 2 is 2.19 bits per heavy atom. The summed E-state index contributed by atoms with van der Waals surface area (Å²) in [5, 5.41) is 7.83. The first kappa shape index (κ1) is 11.8. The number of hydrogen-bond acceptors (Lipinski definition) is 4. The minimum Gasteiger partial charge on any atom is -0.336 e.